The lowest BCUT2D eigenvalue weighted by atomic mass is 10.0. The maximum atomic E-state index is 5.88. The van der Waals surface area contributed by atoms with Gasteiger partial charge in [-0.05, 0) is 46.0 Å². The zero-order valence-corrected chi connectivity index (χ0v) is 14.7. The normalized spacial score (nSPS) is 26.4. The minimum Gasteiger partial charge on any atom is -0.381 e. The third kappa shape index (κ3) is 7.06. The van der Waals surface area contributed by atoms with E-state index in [9.17, 15) is 0 Å². The molecule has 1 atom stereocenters. The first-order valence-electron chi connectivity index (χ1n) is 9.07. The molecule has 0 aromatic heterocycles. The Hall–Kier alpha value is -0.850. The topological polar surface area (TPSA) is 64.1 Å². The first-order valence-corrected chi connectivity index (χ1v) is 9.07. The molecular formula is C17H33N3O3. The van der Waals surface area contributed by atoms with Gasteiger partial charge in [-0.3, -0.25) is 4.99 Å². The molecular weight excluding hydrogens is 294 g/mol. The number of ether oxygens (including phenoxy) is 3. The van der Waals surface area contributed by atoms with Crippen LogP contribution in [0.5, 0.6) is 0 Å². The summed E-state index contributed by atoms with van der Waals surface area (Å²) in [4.78, 5) is 4.67. The molecule has 6 nitrogen and oxygen atoms in total. The van der Waals surface area contributed by atoms with E-state index in [0.29, 0.717) is 12.6 Å². The van der Waals surface area contributed by atoms with Crippen molar-refractivity contribution in [2.24, 2.45) is 4.99 Å². The van der Waals surface area contributed by atoms with Crippen LogP contribution in [0.4, 0.5) is 0 Å². The molecule has 0 amide bonds. The molecule has 2 aliphatic heterocycles. The van der Waals surface area contributed by atoms with Crippen molar-refractivity contribution in [3.8, 4) is 0 Å². The summed E-state index contributed by atoms with van der Waals surface area (Å²) < 4.78 is 17.0. The van der Waals surface area contributed by atoms with Crippen LogP contribution in [0.1, 0.15) is 46.0 Å². The zero-order valence-electron chi connectivity index (χ0n) is 14.7. The van der Waals surface area contributed by atoms with Crippen molar-refractivity contribution in [3.63, 3.8) is 0 Å². The number of aliphatic imine (C=N–C) groups is 1. The Kier molecular flexibility index (Phi) is 8.12. The fourth-order valence-corrected chi connectivity index (χ4v) is 2.92. The van der Waals surface area contributed by atoms with Gasteiger partial charge in [0.2, 0.25) is 0 Å². The Morgan fingerprint density at radius 3 is 2.78 bits per heavy atom. The van der Waals surface area contributed by atoms with E-state index in [0.717, 1.165) is 77.6 Å². The van der Waals surface area contributed by atoms with E-state index in [1.807, 2.05) is 0 Å². The summed E-state index contributed by atoms with van der Waals surface area (Å²) in [5.41, 5.74) is -0.0888. The van der Waals surface area contributed by atoms with E-state index in [-0.39, 0.29) is 5.60 Å². The van der Waals surface area contributed by atoms with Crippen molar-refractivity contribution in [3.05, 3.63) is 0 Å². The molecule has 1 unspecified atom stereocenters. The molecule has 2 saturated heterocycles. The standard InChI is InChI=1S/C17H33N3O3/c1-3-18-16(20-14-17(2)8-4-11-23-17)19-9-5-10-22-15-6-12-21-13-7-15/h15H,3-14H2,1-2H3,(H2,18,19,20). The number of rotatable bonds is 8. The van der Waals surface area contributed by atoms with Crippen LogP contribution in [-0.2, 0) is 14.2 Å². The third-order valence-corrected chi connectivity index (χ3v) is 4.35. The summed E-state index contributed by atoms with van der Waals surface area (Å²) in [6.07, 6.45) is 5.64. The summed E-state index contributed by atoms with van der Waals surface area (Å²) in [6.45, 7) is 9.99. The van der Waals surface area contributed by atoms with Crippen LogP contribution in [0.3, 0.4) is 0 Å². The van der Waals surface area contributed by atoms with Gasteiger partial charge in [0.05, 0.1) is 18.2 Å². The number of nitrogens with one attached hydrogen (secondary N) is 2. The highest BCUT2D eigenvalue weighted by molar-refractivity contribution is 5.79. The summed E-state index contributed by atoms with van der Waals surface area (Å²) in [6, 6.07) is 0. The lowest BCUT2D eigenvalue weighted by Gasteiger charge is -2.23. The number of nitrogens with zero attached hydrogens (tertiary/aromatic N) is 1. The highest BCUT2D eigenvalue weighted by Crippen LogP contribution is 2.24. The van der Waals surface area contributed by atoms with Crippen molar-refractivity contribution in [1.29, 1.82) is 0 Å². The van der Waals surface area contributed by atoms with E-state index in [2.05, 4.69) is 29.5 Å². The maximum Gasteiger partial charge on any atom is 0.191 e. The lowest BCUT2D eigenvalue weighted by molar-refractivity contribution is -0.0320. The molecule has 0 saturated carbocycles. The summed E-state index contributed by atoms with van der Waals surface area (Å²) >= 11 is 0. The number of hydrogen-bond donors (Lipinski definition) is 2. The van der Waals surface area contributed by atoms with Crippen LogP contribution in [-0.4, -0.2) is 63.7 Å². The van der Waals surface area contributed by atoms with Crippen molar-refractivity contribution in [2.45, 2.75) is 57.7 Å². The largest absolute Gasteiger partial charge is 0.381 e. The van der Waals surface area contributed by atoms with E-state index < -0.39 is 0 Å². The van der Waals surface area contributed by atoms with Gasteiger partial charge in [0.25, 0.3) is 0 Å². The molecule has 6 heteroatoms. The Bertz CT molecular complexity index is 351. The molecule has 2 heterocycles. The molecule has 2 rings (SSSR count). The van der Waals surface area contributed by atoms with Crippen molar-refractivity contribution in [2.75, 3.05) is 46.1 Å². The fourth-order valence-electron chi connectivity index (χ4n) is 2.92. The quantitative estimate of drug-likeness (QED) is 0.404. The van der Waals surface area contributed by atoms with E-state index in [4.69, 9.17) is 14.2 Å². The van der Waals surface area contributed by atoms with Crippen LogP contribution < -0.4 is 10.6 Å². The Morgan fingerprint density at radius 2 is 2.09 bits per heavy atom. The molecule has 2 N–H and O–H groups in total. The second kappa shape index (κ2) is 10.1. The lowest BCUT2D eigenvalue weighted by Crippen LogP contribution is -2.40. The molecule has 2 aliphatic rings. The Labute approximate surface area is 140 Å². The number of guanidine groups is 1. The molecule has 134 valence electrons. The second-order valence-electron chi connectivity index (χ2n) is 6.56. The minimum absolute atomic E-state index is 0.0888. The molecule has 2 fully saturated rings. The zero-order chi connectivity index (χ0) is 16.4. The Balaban J connectivity index is 1.61. The molecule has 0 spiro atoms. The Morgan fingerprint density at radius 1 is 1.26 bits per heavy atom. The fraction of sp³-hybridized carbons (Fsp3) is 0.941. The molecule has 0 bridgehead atoms. The average molecular weight is 327 g/mol. The van der Waals surface area contributed by atoms with Gasteiger partial charge in [-0.1, -0.05) is 0 Å². The van der Waals surface area contributed by atoms with Gasteiger partial charge in [-0.2, -0.15) is 0 Å². The highest BCUT2D eigenvalue weighted by Gasteiger charge is 2.29. The van der Waals surface area contributed by atoms with E-state index in [1.54, 1.807) is 0 Å². The predicted molar refractivity (Wildman–Crippen MR) is 92.0 cm³/mol. The smallest absolute Gasteiger partial charge is 0.191 e. The van der Waals surface area contributed by atoms with Crippen LogP contribution in [0.25, 0.3) is 0 Å². The van der Waals surface area contributed by atoms with Gasteiger partial charge in [0.15, 0.2) is 5.96 Å². The summed E-state index contributed by atoms with van der Waals surface area (Å²) in [5, 5.41) is 6.67. The van der Waals surface area contributed by atoms with Crippen LogP contribution >= 0.6 is 0 Å². The average Bonchev–Trinajstić information content (AvgIpc) is 3.00. The van der Waals surface area contributed by atoms with E-state index >= 15 is 0 Å². The highest BCUT2D eigenvalue weighted by atomic mass is 16.5. The third-order valence-electron chi connectivity index (χ3n) is 4.35. The van der Waals surface area contributed by atoms with Gasteiger partial charge in [0, 0.05) is 39.5 Å². The van der Waals surface area contributed by atoms with Crippen LogP contribution in [0, 0.1) is 0 Å². The van der Waals surface area contributed by atoms with E-state index in [1.165, 1.54) is 0 Å². The van der Waals surface area contributed by atoms with Crippen LogP contribution in [0.15, 0.2) is 4.99 Å². The molecule has 0 aromatic rings. The first kappa shape index (κ1) is 18.5. The maximum absolute atomic E-state index is 5.88. The van der Waals surface area contributed by atoms with Gasteiger partial charge < -0.3 is 24.8 Å². The SMILES string of the molecule is CCNC(=NCC1(C)CCCO1)NCCCOC1CCOCC1. The van der Waals surface area contributed by atoms with Crippen molar-refractivity contribution >= 4 is 5.96 Å². The van der Waals surface area contributed by atoms with Gasteiger partial charge in [-0.25, -0.2) is 0 Å². The molecule has 0 radical (unpaired) electrons. The van der Waals surface area contributed by atoms with Crippen molar-refractivity contribution in [1.82, 2.24) is 10.6 Å². The predicted octanol–water partition coefficient (Wildman–Crippen LogP) is 1.70. The minimum atomic E-state index is -0.0888. The monoisotopic (exact) mass is 327 g/mol. The first-order chi connectivity index (χ1) is 11.2. The molecule has 0 aromatic carbocycles. The molecule has 23 heavy (non-hydrogen) atoms. The van der Waals surface area contributed by atoms with Gasteiger partial charge in [0.1, 0.15) is 0 Å². The van der Waals surface area contributed by atoms with Crippen molar-refractivity contribution < 1.29 is 14.2 Å². The van der Waals surface area contributed by atoms with Crippen LogP contribution in [0.2, 0.25) is 0 Å². The van der Waals surface area contributed by atoms with Gasteiger partial charge >= 0.3 is 0 Å². The molecule has 0 aliphatic carbocycles. The summed E-state index contributed by atoms with van der Waals surface area (Å²) in [5.74, 6) is 0.871. The number of hydrogen-bond acceptors (Lipinski definition) is 4. The van der Waals surface area contributed by atoms with Gasteiger partial charge in [-0.15, -0.1) is 0 Å². The summed E-state index contributed by atoms with van der Waals surface area (Å²) in [7, 11) is 0. The second-order valence-corrected chi connectivity index (χ2v) is 6.56.